The first kappa shape index (κ1) is 27.2. The molecular formula is C26H24F4N6OS2. The molecule has 4 aromatic rings. The summed E-state index contributed by atoms with van der Waals surface area (Å²) < 4.78 is 55.1. The van der Waals surface area contributed by atoms with E-state index in [0.29, 0.717) is 40.6 Å². The van der Waals surface area contributed by atoms with Crippen molar-refractivity contribution in [3.63, 3.8) is 0 Å². The van der Waals surface area contributed by atoms with Crippen LogP contribution < -0.4 is 16.0 Å². The van der Waals surface area contributed by atoms with Gasteiger partial charge in [-0.1, -0.05) is 24.3 Å². The highest BCUT2D eigenvalue weighted by Gasteiger charge is 2.30. The molecule has 3 N–H and O–H groups in total. The minimum absolute atomic E-state index is 0.0687. The topological polar surface area (TPSA) is 89.1 Å². The van der Waals surface area contributed by atoms with Gasteiger partial charge in [0.1, 0.15) is 16.5 Å². The van der Waals surface area contributed by atoms with E-state index in [4.69, 9.17) is 5.73 Å². The Kier molecular flexibility index (Phi) is 7.91. The second-order valence-corrected chi connectivity index (χ2v) is 11.0. The molecule has 1 atom stereocenters. The van der Waals surface area contributed by atoms with Crippen LogP contribution in [0.4, 0.5) is 28.9 Å². The highest BCUT2D eigenvalue weighted by atomic mass is 32.2. The number of amides is 1. The molecule has 204 valence electrons. The molecule has 0 bridgehead atoms. The number of alkyl halides is 3. The van der Waals surface area contributed by atoms with Crippen molar-refractivity contribution in [1.29, 1.82) is 0 Å². The number of thiazole rings is 1. The molecule has 0 saturated carbocycles. The SMILES string of the molecule is N[C@@H]1CCCN(c2c(F)cccc2NC(=O)c2csc(-c3cnn(Cc4ccccc4SC(F)(F)F)c3)n2)C1. The van der Waals surface area contributed by atoms with Crippen molar-refractivity contribution in [2.45, 2.75) is 35.8 Å². The van der Waals surface area contributed by atoms with Gasteiger partial charge < -0.3 is 16.0 Å². The molecule has 39 heavy (non-hydrogen) atoms. The first-order valence-corrected chi connectivity index (χ1v) is 13.8. The molecule has 7 nitrogen and oxygen atoms in total. The Balaban J connectivity index is 1.30. The van der Waals surface area contributed by atoms with Crippen LogP contribution in [0.2, 0.25) is 0 Å². The van der Waals surface area contributed by atoms with Crippen molar-refractivity contribution < 1.29 is 22.4 Å². The van der Waals surface area contributed by atoms with Crippen molar-refractivity contribution in [3.8, 4) is 10.6 Å². The molecule has 3 heterocycles. The maximum absolute atomic E-state index is 14.8. The molecule has 0 aliphatic carbocycles. The van der Waals surface area contributed by atoms with E-state index in [9.17, 15) is 22.4 Å². The van der Waals surface area contributed by atoms with Gasteiger partial charge in [0.05, 0.1) is 24.1 Å². The maximum atomic E-state index is 14.8. The molecule has 5 rings (SSSR count). The summed E-state index contributed by atoms with van der Waals surface area (Å²) in [4.78, 5) is 19.4. The molecule has 0 unspecified atom stereocenters. The average molecular weight is 577 g/mol. The Morgan fingerprint density at radius 1 is 1.21 bits per heavy atom. The Hall–Kier alpha value is -3.42. The van der Waals surface area contributed by atoms with Crippen molar-refractivity contribution in [2.24, 2.45) is 5.73 Å². The van der Waals surface area contributed by atoms with Gasteiger partial charge in [0, 0.05) is 41.2 Å². The fraction of sp³-hybridized carbons (Fsp3) is 0.269. The van der Waals surface area contributed by atoms with Crippen LogP contribution in [0.15, 0.2) is 65.1 Å². The van der Waals surface area contributed by atoms with Gasteiger partial charge in [-0.15, -0.1) is 11.3 Å². The number of rotatable bonds is 7. The van der Waals surface area contributed by atoms with E-state index < -0.39 is 17.2 Å². The number of hydrogen-bond donors (Lipinski definition) is 2. The van der Waals surface area contributed by atoms with Gasteiger partial charge in [0.15, 0.2) is 0 Å². The average Bonchev–Trinajstić information content (AvgIpc) is 3.54. The fourth-order valence-electron chi connectivity index (χ4n) is 4.44. The quantitative estimate of drug-likeness (QED) is 0.208. The van der Waals surface area contributed by atoms with Crippen LogP contribution in [-0.4, -0.2) is 45.3 Å². The molecule has 2 aromatic heterocycles. The summed E-state index contributed by atoms with van der Waals surface area (Å²) >= 11 is 1.07. The Bertz CT molecular complexity index is 1470. The molecule has 1 fully saturated rings. The zero-order chi connectivity index (χ0) is 27.6. The van der Waals surface area contributed by atoms with E-state index in [0.717, 1.165) is 12.8 Å². The monoisotopic (exact) mass is 576 g/mol. The van der Waals surface area contributed by atoms with Gasteiger partial charge >= 0.3 is 5.51 Å². The number of nitrogens with zero attached hydrogens (tertiary/aromatic N) is 4. The molecule has 2 aromatic carbocycles. The summed E-state index contributed by atoms with van der Waals surface area (Å²) in [6.45, 7) is 1.27. The Labute approximate surface area is 230 Å². The summed E-state index contributed by atoms with van der Waals surface area (Å²) in [5.41, 5.74) is 3.58. The lowest BCUT2D eigenvalue weighted by molar-refractivity contribution is -0.0328. The lowest BCUT2D eigenvalue weighted by atomic mass is 10.1. The first-order valence-electron chi connectivity index (χ1n) is 12.1. The number of anilines is 2. The van der Waals surface area contributed by atoms with Crippen LogP contribution in [0.3, 0.4) is 0 Å². The van der Waals surface area contributed by atoms with Crippen LogP contribution in [0.1, 0.15) is 28.9 Å². The molecule has 1 aliphatic rings. The normalized spacial score (nSPS) is 15.9. The van der Waals surface area contributed by atoms with Gasteiger partial charge in [-0.3, -0.25) is 9.48 Å². The van der Waals surface area contributed by atoms with E-state index in [1.165, 1.54) is 34.2 Å². The zero-order valence-corrected chi connectivity index (χ0v) is 22.1. The maximum Gasteiger partial charge on any atom is 0.446 e. The van der Waals surface area contributed by atoms with Crippen molar-refractivity contribution in [1.82, 2.24) is 14.8 Å². The van der Waals surface area contributed by atoms with Gasteiger partial charge in [-0.25, -0.2) is 9.37 Å². The number of halogens is 4. The zero-order valence-electron chi connectivity index (χ0n) is 20.5. The third-order valence-electron chi connectivity index (χ3n) is 6.16. The van der Waals surface area contributed by atoms with Gasteiger partial charge in [0.25, 0.3) is 5.91 Å². The standard InChI is InChI=1S/C26H24F4N6OS2/c27-19-7-3-8-20(23(19)35-10-4-6-18(31)14-35)33-24(37)21-15-38-25(34-21)17-11-32-36(13-17)12-16-5-1-2-9-22(16)39-26(28,29)30/h1-3,5,7-9,11,13,15,18H,4,6,10,12,14,31H2,(H,33,37)/t18-/m1/s1. The number of aromatic nitrogens is 3. The highest BCUT2D eigenvalue weighted by molar-refractivity contribution is 8.00. The Morgan fingerprint density at radius 2 is 2.03 bits per heavy atom. The van der Waals surface area contributed by atoms with E-state index >= 15 is 0 Å². The highest BCUT2D eigenvalue weighted by Crippen LogP contribution is 2.39. The van der Waals surface area contributed by atoms with E-state index in [1.54, 1.807) is 42.0 Å². The Morgan fingerprint density at radius 3 is 2.82 bits per heavy atom. The van der Waals surface area contributed by atoms with Crippen LogP contribution in [0.25, 0.3) is 10.6 Å². The molecular weight excluding hydrogens is 552 g/mol. The predicted molar refractivity (Wildman–Crippen MR) is 145 cm³/mol. The van der Waals surface area contributed by atoms with Gasteiger partial charge in [0.2, 0.25) is 0 Å². The second kappa shape index (κ2) is 11.4. The van der Waals surface area contributed by atoms with Crippen LogP contribution in [-0.2, 0) is 6.54 Å². The number of nitrogens with one attached hydrogen (secondary N) is 1. The van der Waals surface area contributed by atoms with Crippen LogP contribution >= 0.6 is 23.1 Å². The summed E-state index contributed by atoms with van der Waals surface area (Å²) in [6.07, 6.45) is 4.91. The van der Waals surface area contributed by atoms with Crippen molar-refractivity contribution in [3.05, 3.63) is 77.3 Å². The van der Waals surface area contributed by atoms with E-state index in [-0.39, 0.29) is 34.9 Å². The molecule has 0 radical (unpaired) electrons. The smallest absolute Gasteiger partial charge is 0.366 e. The largest absolute Gasteiger partial charge is 0.446 e. The molecule has 1 aliphatic heterocycles. The number of carbonyl (C=O) groups is 1. The molecule has 0 spiro atoms. The van der Waals surface area contributed by atoms with Crippen LogP contribution in [0, 0.1) is 5.82 Å². The number of carbonyl (C=O) groups excluding carboxylic acids is 1. The number of hydrogen-bond acceptors (Lipinski definition) is 7. The predicted octanol–water partition coefficient (Wildman–Crippen LogP) is 5.99. The lowest BCUT2D eigenvalue weighted by Crippen LogP contribution is -2.43. The van der Waals surface area contributed by atoms with Crippen molar-refractivity contribution in [2.75, 3.05) is 23.3 Å². The summed E-state index contributed by atoms with van der Waals surface area (Å²) in [6, 6.07) is 10.7. The molecule has 1 saturated heterocycles. The second-order valence-electron chi connectivity index (χ2n) is 9.06. The number of piperidine rings is 1. The number of para-hydroxylation sites is 1. The number of nitrogens with two attached hydrogens (primary N) is 1. The summed E-state index contributed by atoms with van der Waals surface area (Å²) in [5, 5.41) is 9.15. The minimum Gasteiger partial charge on any atom is -0.366 e. The van der Waals surface area contributed by atoms with Gasteiger partial charge in [-0.05, 0) is 48.4 Å². The number of thioether (sulfide) groups is 1. The molecule has 1 amide bonds. The summed E-state index contributed by atoms with van der Waals surface area (Å²) in [7, 11) is 0. The third-order valence-corrected chi connectivity index (χ3v) is 7.90. The number of benzene rings is 2. The van der Waals surface area contributed by atoms with E-state index in [2.05, 4.69) is 15.4 Å². The first-order chi connectivity index (χ1) is 18.7. The summed E-state index contributed by atoms with van der Waals surface area (Å²) in [5.74, 6) is -0.931. The minimum atomic E-state index is -4.39. The third kappa shape index (κ3) is 6.60. The molecule has 13 heteroatoms. The van der Waals surface area contributed by atoms with Crippen LogP contribution in [0.5, 0.6) is 0 Å². The fourth-order valence-corrected chi connectivity index (χ4v) is 5.88. The lowest BCUT2D eigenvalue weighted by Gasteiger charge is -2.34. The van der Waals surface area contributed by atoms with Gasteiger partial charge in [-0.2, -0.15) is 18.3 Å². The van der Waals surface area contributed by atoms with Crippen molar-refractivity contribution >= 4 is 40.4 Å². The van der Waals surface area contributed by atoms with E-state index in [1.807, 2.05) is 4.90 Å².